The van der Waals surface area contributed by atoms with Crippen molar-refractivity contribution in [3.05, 3.63) is 98.8 Å². The van der Waals surface area contributed by atoms with Crippen molar-refractivity contribution in [1.29, 1.82) is 0 Å². The fourth-order valence-corrected chi connectivity index (χ4v) is 4.85. The highest BCUT2D eigenvalue weighted by Gasteiger charge is 2.27. The van der Waals surface area contributed by atoms with Crippen LogP contribution in [-0.4, -0.2) is 57.0 Å². The molecule has 2 N–H and O–H groups in total. The number of nitrogens with zero attached hydrogens (tertiary/aromatic N) is 5. The molecular formula is C28H27ClN6O4. The van der Waals surface area contributed by atoms with Crippen molar-refractivity contribution >= 4 is 40.0 Å². The fourth-order valence-electron chi connectivity index (χ4n) is 4.72. The van der Waals surface area contributed by atoms with Gasteiger partial charge in [-0.2, -0.15) is 0 Å². The van der Waals surface area contributed by atoms with E-state index in [9.17, 15) is 19.5 Å². The van der Waals surface area contributed by atoms with Crippen molar-refractivity contribution in [1.82, 2.24) is 24.8 Å². The standard InChI is InChI=1S/C28H27ClN6O4/c1-33(15-24(36)22-12-30-7-8-31-22)13-18-9-20-26-23(10-18)34(2)25(37)16-35(26)14-21(27(20)38)28(39)32-11-17-3-5-19(29)6-4-17/h3-10,12,14,24,36H,11,13,15-16H2,1-2H3,(H,32,39)/t24-/m0/s1. The quantitative estimate of drug-likeness (QED) is 0.348. The van der Waals surface area contributed by atoms with Gasteiger partial charge in [-0.3, -0.25) is 29.3 Å². The summed E-state index contributed by atoms with van der Waals surface area (Å²) in [5.41, 5.74) is 2.79. The maximum Gasteiger partial charge on any atom is 0.257 e. The Bertz CT molecular complexity index is 1610. The summed E-state index contributed by atoms with van der Waals surface area (Å²) in [6.45, 7) is 0.896. The van der Waals surface area contributed by atoms with Crippen molar-refractivity contribution in [2.45, 2.75) is 25.7 Å². The van der Waals surface area contributed by atoms with Gasteiger partial charge in [-0.05, 0) is 42.4 Å². The maximum absolute atomic E-state index is 13.6. The van der Waals surface area contributed by atoms with Gasteiger partial charge < -0.3 is 19.9 Å². The van der Waals surface area contributed by atoms with Crippen LogP contribution in [0.1, 0.15) is 33.3 Å². The van der Waals surface area contributed by atoms with Crippen LogP contribution < -0.4 is 15.6 Å². The van der Waals surface area contributed by atoms with E-state index in [2.05, 4.69) is 15.3 Å². The van der Waals surface area contributed by atoms with E-state index in [-0.39, 0.29) is 31.1 Å². The predicted molar refractivity (Wildman–Crippen MR) is 148 cm³/mol. The monoisotopic (exact) mass is 546 g/mol. The average molecular weight is 547 g/mol. The second kappa shape index (κ2) is 10.9. The first-order valence-electron chi connectivity index (χ1n) is 12.3. The van der Waals surface area contributed by atoms with Crippen LogP contribution in [0, 0.1) is 0 Å². The summed E-state index contributed by atoms with van der Waals surface area (Å²) < 4.78 is 1.66. The van der Waals surface area contributed by atoms with Crippen molar-refractivity contribution in [2.75, 3.05) is 25.5 Å². The van der Waals surface area contributed by atoms with Gasteiger partial charge in [-0.15, -0.1) is 0 Å². The molecule has 0 bridgehead atoms. The number of hydrogen-bond donors (Lipinski definition) is 2. The minimum atomic E-state index is -0.847. The Morgan fingerprint density at radius 2 is 1.95 bits per heavy atom. The van der Waals surface area contributed by atoms with Crippen molar-refractivity contribution < 1.29 is 14.7 Å². The largest absolute Gasteiger partial charge is 0.385 e. The van der Waals surface area contributed by atoms with Gasteiger partial charge in [0.1, 0.15) is 18.2 Å². The van der Waals surface area contributed by atoms with E-state index < -0.39 is 17.4 Å². The number of hydrogen-bond acceptors (Lipinski definition) is 7. The number of likely N-dealkylation sites (N-methyl/N-ethyl adjacent to an activating group) is 2. The molecule has 4 aromatic rings. The highest BCUT2D eigenvalue weighted by molar-refractivity contribution is 6.30. The predicted octanol–water partition coefficient (Wildman–Crippen LogP) is 2.52. The molecule has 0 saturated carbocycles. The number of pyridine rings is 1. The Kier molecular flexibility index (Phi) is 7.42. The number of nitrogens with one attached hydrogen (secondary N) is 1. The summed E-state index contributed by atoms with van der Waals surface area (Å²) in [7, 11) is 3.51. The van der Waals surface area contributed by atoms with Gasteiger partial charge in [0.15, 0.2) is 0 Å². The fraction of sp³-hybridized carbons (Fsp3) is 0.250. The Labute approximate surface area is 229 Å². The number of halogens is 1. The van der Waals surface area contributed by atoms with E-state index in [0.29, 0.717) is 33.9 Å². The molecule has 0 fully saturated rings. The number of aliphatic hydroxyl groups excluding tert-OH is 1. The number of rotatable bonds is 8. The van der Waals surface area contributed by atoms with Crippen LogP contribution in [0.5, 0.6) is 0 Å². The van der Waals surface area contributed by atoms with E-state index >= 15 is 0 Å². The number of carbonyl (C=O) groups excluding carboxylic acids is 2. The smallest absolute Gasteiger partial charge is 0.257 e. The number of amides is 2. The first-order chi connectivity index (χ1) is 18.7. The van der Waals surface area contributed by atoms with Crippen molar-refractivity contribution in [2.24, 2.45) is 0 Å². The Hall–Kier alpha value is -4.12. The Morgan fingerprint density at radius 1 is 1.18 bits per heavy atom. The number of aromatic nitrogens is 3. The molecule has 2 aromatic heterocycles. The summed E-state index contributed by atoms with van der Waals surface area (Å²) in [6.07, 6.45) is 5.19. The van der Waals surface area contributed by atoms with E-state index in [1.54, 1.807) is 41.9 Å². The second-order valence-corrected chi connectivity index (χ2v) is 10.1. The summed E-state index contributed by atoms with van der Waals surface area (Å²) in [5.74, 6) is -0.688. The highest BCUT2D eigenvalue weighted by Crippen LogP contribution is 2.31. The normalized spacial score (nSPS) is 13.7. The van der Waals surface area contributed by atoms with Crippen LogP contribution in [-0.2, 0) is 24.4 Å². The van der Waals surface area contributed by atoms with Crippen molar-refractivity contribution in [3.8, 4) is 0 Å². The molecule has 10 nitrogen and oxygen atoms in total. The molecule has 0 aliphatic carbocycles. The van der Waals surface area contributed by atoms with Crippen LogP contribution in [0.2, 0.25) is 5.02 Å². The molecule has 0 saturated heterocycles. The summed E-state index contributed by atoms with van der Waals surface area (Å²) in [4.78, 5) is 51.0. The molecule has 2 aromatic carbocycles. The van der Waals surface area contributed by atoms with E-state index in [0.717, 1.165) is 11.1 Å². The second-order valence-electron chi connectivity index (χ2n) is 9.62. The number of carbonyl (C=O) groups is 2. The molecule has 0 radical (unpaired) electrons. The average Bonchev–Trinajstić information content (AvgIpc) is 2.93. The van der Waals surface area contributed by atoms with Gasteiger partial charge in [0.05, 0.1) is 23.1 Å². The molecule has 2 amide bonds. The SMILES string of the molecule is CN(Cc1cc2c3c(c1)c(=O)c(C(=O)NCc1ccc(Cl)cc1)cn3CC(=O)N2C)C[C@H](O)c1cnccn1. The van der Waals surface area contributed by atoms with Crippen molar-refractivity contribution in [3.63, 3.8) is 0 Å². The van der Waals surface area contributed by atoms with Gasteiger partial charge >= 0.3 is 0 Å². The molecular weight excluding hydrogens is 520 g/mol. The Balaban J connectivity index is 1.46. The number of anilines is 1. The topological polar surface area (TPSA) is 121 Å². The van der Waals surface area contributed by atoms with Gasteiger partial charge in [0.25, 0.3) is 5.91 Å². The van der Waals surface area contributed by atoms with E-state index in [1.807, 2.05) is 18.0 Å². The third kappa shape index (κ3) is 5.53. The van der Waals surface area contributed by atoms with Gasteiger partial charge in [-0.1, -0.05) is 23.7 Å². The van der Waals surface area contributed by atoms with E-state index in [4.69, 9.17) is 11.6 Å². The Morgan fingerprint density at radius 3 is 2.67 bits per heavy atom. The first-order valence-corrected chi connectivity index (χ1v) is 12.7. The minimum Gasteiger partial charge on any atom is -0.385 e. The zero-order valence-electron chi connectivity index (χ0n) is 21.5. The number of aliphatic hydroxyl groups is 1. The molecule has 1 aliphatic heterocycles. The molecule has 1 aliphatic rings. The van der Waals surface area contributed by atoms with Gasteiger partial charge in [0, 0.05) is 55.7 Å². The molecule has 0 unspecified atom stereocenters. The van der Waals surface area contributed by atoms with Crippen LogP contribution >= 0.6 is 11.6 Å². The third-order valence-electron chi connectivity index (χ3n) is 6.72. The lowest BCUT2D eigenvalue weighted by Gasteiger charge is -2.29. The molecule has 200 valence electrons. The molecule has 1 atom stereocenters. The molecule has 39 heavy (non-hydrogen) atoms. The maximum atomic E-state index is 13.6. The molecule has 11 heteroatoms. The highest BCUT2D eigenvalue weighted by atomic mass is 35.5. The summed E-state index contributed by atoms with van der Waals surface area (Å²) in [6, 6.07) is 10.7. The number of benzene rings is 2. The summed E-state index contributed by atoms with van der Waals surface area (Å²) in [5, 5.41) is 14.3. The van der Waals surface area contributed by atoms with E-state index in [1.165, 1.54) is 29.7 Å². The molecule has 0 spiro atoms. The zero-order chi connectivity index (χ0) is 27.7. The van der Waals surface area contributed by atoms with Crippen LogP contribution in [0.15, 0.2) is 66.0 Å². The van der Waals surface area contributed by atoms with Gasteiger partial charge in [-0.25, -0.2) is 0 Å². The minimum absolute atomic E-state index is 0.0152. The lowest BCUT2D eigenvalue weighted by molar-refractivity contribution is -0.119. The van der Waals surface area contributed by atoms with Gasteiger partial charge in [0.2, 0.25) is 11.3 Å². The van der Waals surface area contributed by atoms with Crippen LogP contribution in [0.25, 0.3) is 10.9 Å². The van der Waals surface area contributed by atoms with Crippen LogP contribution in [0.4, 0.5) is 5.69 Å². The summed E-state index contributed by atoms with van der Waals surface area (Å²) >= 11 is 5.93. The first kappa shape index (κ1) is 26.5. The molecule has 5 rings (SSSR count). The lowest BCUT2D eigenvalue weighted by Crippen LogP contribution is -2.37. The lowest BCUT2D eigenvalue weighted by atomic mass is 10.0. The zero-order valence-corrected chi connectivity index (χ0v) is 22.2. The third-order valence-corrected chi connectivity index (χ3v) is 6.98. The molecule has 3 heterocycles. The van der Waals surface area contributed by atoms with Crippen LogP contribution in [0.3, 0.4) is 0 Å².